The maximum atomic E-state index is 13.8. The fourth-order valence-electron chi connectivity index (χ4n) is 2.29. The molecule has 222 valence electrons. The number of alkyl halides is 23. The first-order chi connectivity index (χ1) is 15.4. The maximum Gasteiger partial charge on any atom is 0.460 e. The summed E-state index contributed by atoms with van der Waals surface area (Å²) in [6, 6.07) is 0. The van der Waals surface area contributed by atoms with Gasteiger partial charge in [0.05, 0.1) is 0 Å². The first kappa shape index (κ1) is 34.9. The molecule has 0 spiro atoms. The van der Waals surface area contributed by atoms with E-state index in [1.54, 1.807) is 0 Å². The zero-order valence-electron chi connectivity index (χ0n) is 15.5. The first-order valence-corrected chi connectivity index (χ1v) is 7.52. The molecule has 0 aromatic rings. The van der Waals surface area contributed by atoms with Crippen LogP contribution in [0, 0.1) is 5.41 Å². The van der Waals surface area contributed by atoms with Crippen LogP contribution in [0.2, 0.25) is 0 Å². The van der Waals surface area contributed by atoms with Crippen molar-refractivity contribution in [3.63, 3.8) is 0 Å². The number of aliphatic carboxylic acids is 1. The minimum Gasteiger partial charge on any atom is -0.480 e. The van der Waals surface area contributed by atoms with Gasteiger partial charge in [-0.3, -0.25) is 4.79 Å². The Morgan fingerprint density at radius 2 is 0.514 bits per heavy atom. The highest BCUT2D eigenvalue weighted by molar-refractivity contribution is 5.79. The Kier molecular flexibility index (Phi) is 7.71. The molecule has 0 aliphatic rings. The zero-order chi connectivity index (χ0) is 31.1. The topological polar surface area (TPSA) is 37.3 Å². The lowest BCUT2D eigenvalue weighted by Gasteiger charge is -2.46. The molecule has 0 aliphatic carbocycles. The number of carboxylic acids is 1. The van der Waals surface area contributed by atoms with Crippen LogP contribution in [0.15, 0.2) is 0 Å². The van der Waals surface area contributed by atoms with Gasteiger partial charge in [0, 0.05) is 0 Å². The van der Waals surface area contributed by atoms with Crippen molar-refractivity contribution >= 4 is 5.97 Å². The predicted molar refractivity (Wildman–Crippen MR) is 62.9 cm³/mol. The molecule has 0 atom stereocenters. The lowest BCUT2D eigenvalue weighted by molar-refractivity contribution is -0.481. The molecule has 0 radical (unpaired) electrons. The molecule has 1 N–H and O–H groups in total. The normalized spacial score (nSPS) is 16.7. The zero-order valence-corrected chi connectivity index (χ0v) is 15.5. The van der Waals surface area contributed by atoms with E-state index in [4.69, 9.17) is 5.11 Å². The van der Waals surface area contributed by atoms with Crippen molar-refractivity contribution in [3.8, 4) is 0 Å². The molecule has 0 aromatic heterocycles. The summed E-state index contributed by atoms with van der Waals surface area (Å²) in [5.74, 6) is -70.4. The summed E-state index contributed by atoms with van der Waals surface area (Å²) in [7, 11) is 0. The van der Waals surface area contributed by atoms with Crippen molar-refractivity contribution in [2.75, 3.05) is 0 Å². The minimum atomic E-state index is -9.57. The average Bonchev–Trinajstić information content (AvgIpc) is 2.56. The Bertz CT molecular complexity index is 856. The first-order valence-electron chi connectivity index (χ1n) is 7.52. The van der Waals surface area contributed by atoms with E-state index in [1.807, 2.05) is 0 Å². The van der Waals surface area contributed by atoms with E-state index in [0.717, 1.165) is 0 Å². The van der Waals surface area contributed by atoms with Gasteiger partial charge in [-0.2, -0.15) is 101 Å². The molecule has 25 heteroatoms. The number of rotatable bonds is 8. The molecule has 0 rings (SSSR count). The van der Waals surface area contributed by atoms with Crippen LogP contribution in [0.1, 0.15) is 0 Å². The van der Waals surface area contributed by atoms with E-state index in [9.17, 15) is 106 Å². The van der Waals surface area contributed by atoms with E-state index in [-0.39, 0.29) is 0 Å². The molecule has 0 unspecified atom stereocenters. The number of carbonyl (C=O) groups is 1. The maximum absolute atomic E-state index is 13.8. The van der Waals surface area contributed by atoms with Gasteiger partial charge in [-0.15, -0.1) is 0 Å². The number of hydrogen-bond donors (Lipinski definition) is 1. The van der Waals surface area contributed by atoms with Crippen molar-refractivity contribution in [2.24, 2.45) is 5.41 Å². The van der Waals surface area contributed by atoms with Crippen molar-refractivity contribution in [2.45, 2.75) is 60.0 Å². The fourth-order valence-corrected chi connectivity index (χ4v) is 2.29. The Balaban J connectivity index is 7.63. The summed E-state index contributed by atoms with van der Waals surface area (Å²) in [6.45, 7) is 0. The van der Waals surface area contributed by atoms with Gasteiger partial charge in [0.25, 0.3) is 0 Å². The third-order valence-electron chi connectivity index (χ3n) is 4.36. The summed E-state index contributed by atoms with van der Waals surface area (Å²) < 4.78 is 298. The van der Waals surface area contributed by atoms with Gasteiger partial charge >= 0.3 is 71.4 Å². The van der Waals surface area contributed by atoms with E-state index in [2.05, 4.69) is 0 Å². The molecular weight excluding hydrogens is 613 g/mol. The van der Waals surface area contributed by atoms with Crippen LogP contribution in [-0.4, -0.2) is 71.1 Å². The number of halogens is 23. The van der Waals surface area contributed by atoms with Crippen molar-refractivity contribution in [1.82, 2.24) is 0 Å². The molecule has 0 heterocycles. The standard InChI is InChI=1S/C12HF23O2/c13-3(14,2(1(36)37,10(27,28)29)11(30,31)32)4(15,16)5(17,18)6(19,20)7(21,22)8(23,24)9(25,26)12(33,34)35/h(H,36,37). The molecule has 0 aliphatic heterocycles. The molecule has 0 saturated heterocycles. The van der Waals surface area contributed by atoms with Gasteiger partial charge < -0.3 is 5.11 Å². The summed E-state index contributed by atoms with van der Waals surface area (Å²) >= 11 is 0. The molecular formula is C12HF23O2. The molecule has 0 aromatic carbocycles. The van der Waals surface area contributed by atoms with Gasteiger partial charge in [0.2, 0.25) is 0 Å². The van der Waals surface area contributed by atoms with Crippen LogP contribution in [0.5, 0.6) is 0 Å². The Morgan fingerprint density at radius 3 is 0.676 bits per heavy atom. The minimum absolute atomic E-state index is 5.35. The second-order valence-corrected chi connectivity index (χ2v) is 6.57. The molecule has 2 nitrogen and oxygen atoms in total. The van der Waals surface area contributed by atoms with E-state index >= 15 is 0 Å². The highest BCUT2D eigenvalue weighted by Gasteiger charge is 3.01. The van der Waals surface area contributed by atoms with Gasteiger partial charge in [-0.25, -0.2) is 0 Å². The Morgan fingerprint density at radius 1 is 0.324 bits per heavy atom. The quantitative estimate of drug-likeness (QED) is 0.294. The predicted octanol–water partition coefficient (Wildman–Crippen LogP) is 7.19. The van der Waals surface area contributed by atoms with E-state index in [0.29, 0.717) is 0 Å². The number of hydrogen-bond acceptors (Lipinski definition) is 1. The fraction of sp³-hybridized carbons (Fsp3) is 0.917. The largest absolute Gasteiger partial charge is 0.480 e. The highest BCUT2D eigenvalue weighted by atomic mass is 19.4. The van der Waals surface area contributed by atoms with Crippen LogP contribution in [0.4, 0.5) is 101 Å². The molecule has 0 amide bonds. The summed E-state index contributed by atoms with van der Waals surface area (Å²) in [6.07, 6.45) is -25.1. The third-order valence-corrected chi connectivity index (χ3v) is 4.36. The van der Waals surface area contributed by atoms with Gasteiger partial charge in [-0.05, 0) is 0 Å². The van der Waals surface area contributed by atoms with Gasteiger partial charge in [-0.1, -0.05) is 0 Å². The van der Waals surface area contributed by atoms with E-state index in [1.165, 1.54) is 0 Å². The smallest absolute Gasteiger partial charge is 0.460 e. The number of carboxylic acid groups (broad SMARTS) is 1. The van der Waals surface area contributed by atoms with Gasteiger partial charge in [0.15, 0.2) is 0 Å². The second-order valence-electron chi connectivity index (χ2n) is 6.57. The monoisotopic (exact) mass is 614 g/mol. The average molecular weight is 614 g/mol. The Labute approximate surface area is 184 Å². The Hall–Kier alpha value is -2.14. The third kappa shape index (κ3) is 3.90. The van der Waals surface area contributed by atoms with Crippen LogP contribution in [0.25, 0.3) is 0 Å². The van der Waals surface area contributed by atoms with Crippen LogP contribution < -0.4 is 0 Å². The summed E-state index contributed by atoms with van der Waals surface area (Å²) in [5.41, 5.74) is -8.64. The van der Waals surface area contributed by atoms with E-state index < -0.39 is 71.4 Å². The molecule has 0 saturated carbocycles. The summed E-state index contributed by atoms with van der Waals surface area (Å²) in [5, 5.41) is 7.97. The molecule has 0 bridgehead atoms. The van der Waals surface area contributed by atoms with Crippen molar-refractivity contribution < 1.29 is 111 Å². The van der Waals surface area contributed by atoms with Crippen LogP contribution >= 0.6 is 0 Å². The second kappa shape index (κ2) is 8.18. The lowest BCUT2D eigenvalue weighted by atomic mass is 9.73. The summed E-state index contributed by atoms with van der Waals surface area (Å²) in [4.78, 5) is 10.4. The molecule has 37 heavy (non-hydrogen) atoms. The van der Waals surface area contributed by atoms with Crippen LogP contribution in [0.3, 0.4) is 0 Å². The lowest BCUT2D eigenvalue weighted by Crippen LogP contribution is -2.79. The van der Waals surface area contributed by atoms with Gasteiger partial charge in [0.1, 0.15) is 0 Å². The van der Waals surface area contributed by atoms with Crippen LogP contribution in [-0.2, 0) is 4.79 Å². The van der Waals surface area contributed by atoms with Crippen molar-refractivity contribution in [3.05, 3.63) is 0 Å². The molecule has 0 fully saturated rings. The van der Waals surface area contributed by atoms with Crippen molar-refractivity contribution in [1.29, 1.82) is 0 Å². The highest BCUT2D eigenvalue weighted by Crippen LogP contribution is 2.69. The SMILES string of the molecule is O=C(O)C(C(F)(F)F)(C(F)(F)F)C(F)(F)C(F)(F)C(F)(F)C(F)(F)C(F)(F)C(F)(F)C(F)(F)C(F)(F)F.